The molecule has 0 aromatic carbocycles. The number of carbonyl (C=O) groups excluding carboxylic acids is 2. The van der Waals surface area contributed by atoms with E-state index in [1.165, 1.54) is 13.3 Å². The summed E-state index contributed by atoms with van der Waals surface area (Å²) >= 11 is 0. The highest BCUT2D eigenvalue weighted by Crippen LogP contribution is 2.17. The Morgan fingerprint density at radius 2 is 2.25 bits per heavy atom. The lowest BCUT2D eigenvalue weighted by atomic mass is 10.2. The zero-order valence-electron chi connectivity index (χ0n) is 9.11. The molecule has 1 aromatic rings. The van der Waals surface area contributed by atoms with Gasteiger partial charge in [0, 0.05) is 5.69 Å². The number of nitrogens with two attached hydrogens (primary N) is 1. The van der Waals surface area contributed by atoms with Gasteiger partial charge in [0.2, 0.25) is 5.91 Å². The average molecular weight is 223 g/mol. The van der Waals surface area contributed by atoms with E-state index < -0.39 is 11.8 Å². The van der Waals surface area contributed by atoms with Crippen LogP contribution in [0, 0.1) is 6.92 Å². The average Bonchev–Trinajstić information content (AvgIpc) is 2.25. The molecule has 0 saturated carbocycles. The quantitative estimate of drug-likeness (QED) is 0.727. The van der Waals surface area contributed by atoms with Gasteiger partial charge in [0.1, 0.15) is 5.75 Å². The van der Waals surface area contributed by atoms with Crippen molar-refractivity contribution in [2.24, 2.45) is 5.73 Å². The highest BCUT2D eigenvalue weighted by Gasteiger charge is 2.13. The Morgan fingerprint density at radius 1 is 1.56 bits per heavy atom. The number of methoxy groups -OCH3 is 1. The minimum atomic E-state index is -0.599. The summed E-state index contributed by atoms with van der Waals surface area (Å²) in [5.41, 5.74) is 5.94. The van der Waals surface area contributed by atoms with Crippen molar-refractivity contribution in [1.82, 2.24) is 10.3 Å². The molecule has 0 aliphatic heterocycles. The Labute approximate surface area is 92.8 Å². The summed E-state index contributed by atoms with van der Waals surface area (Å²) < 4.78 is 4.99. The molecule has 2 amide bonds. The van der Waals surface area contributed by atoms with Crippen LogP contribution < -0.4 is 15.8 Å². The minimum absolute atomic E-state index is 0.205. The first-order valence-electron chi connectivity index (χ1n) is 4.61. The second-order valence-electron chi connectivity index (χ2n) is 3.17. The van der Waals surface area contributed by atoms with E-state index in [1.54, 1.807) is 13.0 Å². The van der Waals surface area contributed by atoms with E-state index in [4.69, 9.17) is 10.5 Å². The van der Waals surface area contributed by atoms with E-state index in [1.807, 2.05) is 0 Å². The molecule has 0 unspecified atom stereocenters. The van der Waals surface area contributed by atoms with Crippen LogP contribution in [0.3, 0.4) is 0 Å². The van der Waals surface area contributed by atoms with Crippen molar-refractivity contribution in [2.75, 3.05) is 13.7 Å². The molecule has 0 bridgehead atoms. The number of aryl methyl sites for hydroxylation is 1. The smallest absolute Gasteiger partial charge is 0.255 e. The molecule has 3 N–H and O–H groups in total. The molecule has 6 heteroatoms. The lowest BCUT2D eigenvalue weighted by Gasteiger charge is -2.08. The third kappa shape index (κ3) is 2.94. The van der Waals surface area contributed by atoms with Crippen LogP contribution in [0.5, 0.6) is 5.75 Å². The fraction of sp³-hybridized carbons (Fsp3) is 0.300. The van der Waals surface area contributed by atoms with Crippen LogP contribution in [0.4, 0.5) is 0 Å². The van der Waals surface area contributed by atoms with Gasteiger partial charge in [0.05, 0.1) is 25.4 Å². The third-order valence-corrected chi connectivity index (χ3v) is 1.89. The van der Waals surface area contributed by atoms with Gasteiger partial charge in [-0.3, -0.25) is 14.6 Å². The van der Waals surface area contributed by atoms with E-state index in [2.05, 4.69) is 10.3 Å². The second kappa shape index (κ2) is 5.11. The summed E-state index contributed by atoms with van der Waals surface area (Å²) in [4.78, 5) is 26.2. The molecule has 1 aromatic heterocycles. The summed E-state index contributed by atoms with van der Waals surface area (Å²) in [5, 5.41) is 2.38. The van der Waals surface area contributed by atoms with E-state index >= 15 is 0 Å². The second-order valence-corrected chi connectivity index (χ2v) is 3.17. The van der Waals surface area contributed by atoms with Crippen molar-refractivity contribution in [3.05, 3.63) is 23.5 Å². The molecule has 0 aliphatic rings. The number of rotatable bonds is 4. The number of primary amides is 1. The van der Waals surface area contributed by atoms with Crippen LogP contribution in [-0.4, -0.2) is 30.5 Å². The fourth-order valence-electron chi connectivity index (χ4n) is 1.15. The van der Waals surface area contributed by atoms with Crippen molar-refractivity contribution < 1.29 is 14.3 Å². The maximum Gasteiger partial charge on any atom is 0.255 e. The van der Waals surface area contributed by atoms with Crippen LogP contribution in [0.25, 0.3) is 0 Å². The van der Waals surface area contributed by atoms with Crippen LogP contribution >= 0.6 is 0 Å². The van der Waals surface area contributed by atoms with Gasteiger partial charge in [-0.05, 0) is 13.0 Å². The van der Waals surface area contributed by atoms with Crippen LogP contribution in [0.2, 0.25) is 0 Å². The molecule has 16 heavy (non-hydrogen) atoms. The molecule has 0 radical (unpaired) electrons. The number of pyridine rings is 1. The van der Waals surface area contributed by atoms with Gasteiger partial charge in [0.25, 0.3) is 5.91 Å². The first-order chi connectivity index (χ1) is 7.54. The first-order valence-corrected chi connectivity index (χ1v) is 4.61. The Kier molecular flexibility index (Phi) is 3.82. The van der Waals surface area contributed by atoms with E-state index in [0.717, 1.165) is 0 Å². The summed E-state index contributed by atoms with van der Waals surface area (Å²) in [6, 6.07) is 1.58. The van der Waals surface area contributed by atoms with E-state index in [-0.39, 0.29) is 6.54 Å². The Morgan fingerprint density at radius 3 is 2.81 bits per heavy atom. The number of hydrogen-bond acceptors (Lipinski definition) is 4. The largest absolute Gasteiger partial charge is 0.494 e. The van der Waals surface area contributed by atoms with Crippen LogP contribution in [0.1, 0.15) is 16.1 Å². The van der Waals surface area contributed by atoms with E-state index in [0.29, 0.717) is 17.0 Å². The van der Waals surface area contributed by atoms with Gasteiger partial charge in [-0.25, -0.2) is 0 Å². The third-order valence-electron chi connectivity index (χ3n) is 1.89. The molecule has 0 atom stereocenters. The molecular formula is C10H13N3O3. The number of amides is 2. The number of ether oxygens (including phenoxy) is 1. The van der Waals surface area contributed by atoms with Gasteiger partial charge in [0.15, 0.2) is 0 Å². The highest BCUT2D eigenvalue weighted by molar-refractivity contribution is 5.98. The summed E-state index contributed by atoms with van der Waals surface area (Å²) in [7, 11) is 1.44. The number of hydrogen-bond donors (Lipinski definition) is 2. The summed E-state index contributed by atoms with van der Waals surface area (Å²) in [6.45, 7) is 1.55. The van der Waals surface area contributed by atoms with E-state index in [9.17, 15) is 9.59 Å². The molecule has 0 spiro atoms. The van der Waals surface area contributed by atoms with Gasteiger partial charge in [-0.15, -0.1) is 0 Å². The molecule has 0 saturated heterocycles. The standard InChI is InChI=1S/C10H13N3O3/c1-6-3-7(8(16-2)4-12-6)10(15)13-5-9(11)14/h3-4H,5H2,1-2H3,(H2,11,14)(H,13,15). The predicted molar refractivity (Wildman–Crippen MR) is 57.1 cm³/mol. The molecule has 1 rings (SSSR count). The Balaban J connectivity index is 2.88. The van der Waals surface area contributed by atoms with Crippen molar-refractivity contribution in [3.63, 3.8) is 0 Å². The monoisotopic (exact) mass is 223 g/mol. The Bertz CT molecular complexity index is 418. The van der Waals surface area contributed by atoms with Gasteiger partial charge in [-0.1, -0.05) is 0 Å². The maximum absolute atomic E-state index is 11.7. The lowest BCUT2D eigenvalue weighted by molar-refractivity contribution is -0.117. The zero-order valence-corrected chi connectivity index (χ0v) is 9.11. The van der Waals surface area contributed by atoms with Crippen molar-refractivity contribution in [2.45, 2.75) is 6.92 Å². The van der Waals surface area contributed by atoms with Crippen molar-refractivity contribution >= 4 is 11.8 Å². The maximum atomic E-state index is 11.7. The number of nitrogens with zero attached hydrogens (tertiary/aromatic N) is 1. The molecule has 86 valence electrons. The first kappa shape index (κ1) is 12.0. The summed E-state index contributed by atoms with van der Waals surface area (Å²) in [6.07, 6.45) is 1.45. The normalized spacial score (nSPS) is 9.62. The SMILES string of the molecule is COc1cnc(C)cc1C(=O)NCC(N)=O. The van der Waals surface area contributed by atoms with Crippen LogP contribution in [0.15, 0.2) is 12.3 Å². The molecule has 6 nitrogen and oxygen atoms in total. The van der Waals surface area contributed by atoms with Gasteiger partial charge in [-0.2, -0.15) is 0 Å². The van der Waals surface area contributed by atoms with Gasteiger partial charge < -0.3 is 15.8 Å². The minimum Gasteiger partial charge on any atom is -0.494 e. The lowest BCUT2D eigenvalue weighted by Crippen LogP contribution is -2.33. The highest BCUT2D eigenvalue weighted by atomic mass is 16.5. The van der Waals surface area contributed by atoms with Gasteiger partial charge >= 0.3 is 0 Å². The topological polar surface area (TPSA) is 94.3 Å². The number of nitrogens with one attached hydrogen (secondary N) is 1. The molecule has 0 fully saturated rings. The van der Waals surface area contributed by atoms with Crippen LogP contribution in [-0.2, 0) is 4.79 Å². The number of aromatic nitrogens is 1. The molecule has 0 aliphatic carbocycles. The summed E-state index contributed by atoms with van der Waals surface area (Å²) in [5.74, 6) is -0.660. The molecule has 1 heterocycles. The fourth-order valence-corrected chi connectivity index (χ4v) is 1.15. The Hall–Kier alpha value is -2.11. The predicted octanol–water partition coefficient (Wildman–Crippen LogP) is -0.386. The number of carbonyl (C=O) groups is 2. The van der Waals surface area contributed by atoms with Crippen molar-refractivity contribution in [1.29, 1.82) is 0 Å². The molecular weight excluding hydrogens is 210 g/mol. The zero-order chi connectivity index (χ0) is 12.1. The van der Waals surface area contributed by atoms with Crippen molar-refractivity contribution in [3.8, 4) is 5.75 Å².